The zero-order chi connectivity index (χ0) is 14.8. The maximum absolute atomic E-state index is 12.3. The number of pyridine rings is 1. The van der Waals surface area contributed by atoms with Crippen LogP contribution in [0.15, 0.2) is 30.5 Å². The van der Waals surface area contributed by atoms with Gasteiger partial charge in [0.05, 0.1) is 5.69 Å². The van der Waals surface area contributed by atoms with Crippen LogP contribution >= 0.6 is 11.6 Å². The normalized spacial score (nSPS) is 19.5. The second-order valence-corrected chi connectivity index (χ2v) is 5.78. The van der Waals surface area contributed by atoms with Gasteiger partial charge in [0.15, 0.2) is 5.15 Å². The van der Waals surface area contributed by atoms with Crippen molar-refractivity contribution in [3.8, 4) is 0 Å². The SMILES string of the molecule is CC1CCCCN1C(=O)C=Cc1c(Cl)nc2ccccn12. The summed E-state index contributed by atoms with van der Waals surface area (Å²) in [6.07, 6.45) is 8.61. The zero-order valence-electron chi connectivity index (χ0n) is 12.0. The number of likely N-dealkylation sites (tertiary alicyclic amines) is 1. The Morgan fingerprint density at radius 2 is 2.29 bits per heavy atom. The first-order valence-electron chi connectivity index (χ1n) is 7.28. The van der Waals surface area contributed by atoms with Crippen molar-refractivity contribution in [2.45, 2.75) is 32.2 Å². The number of amides is 1. The summed E-state index contributed by atoms with van der Waals surface area (Å²) < 4.78 is 1.88. The van der Waals surface area contributed by atoms with Gasteiger partial charge in [-0.05, 0) is 44.4 Å². The van der Waals surface area contributed by atoms with Crippen LogP contribution in [0.3, 0.4) is 0 Å². The molecule has 0 spiro atoms. The van der Waals surface area contributed by atoms with Crippen molar-refractivity contribution < 1.29 is 4.79 Å². The van der Waals surface area contributed by atoms with Crippen LogP contribution in [0.1, 0.15) is 31.9 Å². The number of aromatic nitrogens is 2. The summed E-state index contributed by atoms with van der Waals surface area (Å²) in [5.74, 6) is 0.0455. The van der Waals surface area contributed by atoms with Crippen LogP contribution in [0.2, 0.25) is 5.15 Å². The molecular weight excluding hydrogens is 286 g/mol. The van der Waals surface area contributed by atoms with E-state index in [9.17, 15) is 4.79 Å². The molecule has 2 aromatic heterocycles. The molecule has 3 rings (SSSR count). The fourth-order valence-corrected chi connectivity index (χ4v) is 3.05. The highest BCUT2D eigenvalue weighted by molar-refractivity contribution is 6.31. The molecule has 1 unspecified atom stereocenters. The van der Waals surface area contributed by atoms with Crippen LogP contribution in [0.5, 0.6) is 0 Å². The molecule has 0 saturated carbocycles. The zero-order valence-corrected chi connectivity index (χ0v) is 12.8. The molecule has 0 aromatic carbocycles. The van der Waals surface area contributed by atoms with Crippen LogP contribution in [0.4, 0.5) is 0 Å². The Hall–Kier alpha value is -1.81. The van der Waals surface area contributed by atoms with Gasteiger partial charge in [-0.15, -0.1) is 0 Å². The van der Waals surface area contributed by atoms with E-state index in [4.69, 9.17) is 11.6 Å². The average Bonchev–Trinajstić information content (AvgIpc) is 2.81. The van der Waals surface area contributed by atoms with Crippen molar-refractivity contribution in [2.75, 3.05) is 6.54 Å². The number of nitrogens with zero attached hydrogens (tertiary/aromatic N) is 3. The second-order valence-electron chi connectivity index (χ2n) is 5.43. The van der Waals surface area contributed by atoms with Gasteiger partial charge in [0, 0.05) is 24.9 Å². The lowest BCUT2D eigenvalue weighted by molar-refractivity contribution is -0.129. The van der Waals surface area contributed by atoms with Crippen LogP contribution in [-0.2, 0) is 4.79 Å². The largest absolute Gasteiger partial charge is 0.336 e. The number of hydrogen-bond acceptors (Lipinski definition) is 2. The third kappa shape index (κ3) is 2.81. The highest BCUT2D eigenvalue weighted by atomic mass is 35.5. The van der Waals surface area contributed by atoms with Gasteiger partial charge < -0.3 is 4.90 Å². The molecule has 21 heavy (non-hydrogen) atoms. The van der Waals surface area contributed by atoms with Crippen molar-refractivity contribution in [2.24, 2.45) is 0 Å². The summed E-state index contributed by atoms with van der Waals surface area (Å²) in [5, 5.41) is 0.414. The van der Waals surface area contributed by atoms with E-state index < -0.39 is 0 Å². The molecule has 110 valence electrons. The number of hydrogen-bond donors (Lipinski definition) is 0. The van der Waals surface area contributed by atoms with Crippen molar-refractivity contribution in [3.05, 3.63) is 41.3 Å². The van der Waals surface area contributed by atoms with Gasteiger partial charge in [-0.3, -0.25) is 9.20 Å². The molecule has 1 fully saturated rings. The predicted octanol–water partition coefficient (Wildman–Crippen LogP) is 3.40. The molecule has 1 saturated heterocycles. The van der Waals surface area contributed by atoms with Crippen molar-refractivity contribution >= 4 is 29.2 Å². The Balaban J connectivity index is 1.84. The highest BCUT2D eigenvalue weighted by Gasteiger charge is 2.21. The highest BCUT2D eigenvalue weighted by Crippen LogP contribution is 2.20. The third-order valence-electron chi connectivity index (χ3n) is 3.99. The standard InChI is InChI=1S/C16H18ClN3O/c1-12-6-2-4-10-19(12)15(21)9-8-13-16(17)18-14-7-3-5-11-20(13)14/h3,5,7-9,11-12H,2,4,6,10H2,1H3. The molecule has 0 bridgehead atoms. The first-order valence-corrected chi connectivity index (χ1v) is 7.66. The Labute approximate surface area is 129 Å². The molecule has 0 radical (unpaired) electrons. The number of fused-ring (bicyclic) bond motifs is 1. The minimum absolute atomic E-state index is 0.0455. The molecule has 1 amide bonds. The number of piperidine rings is 1. The van der Waals surface area contributed by atoms with E-state index in [0.29, 0.717) is 11.2 Å². The van der Waals surface area contributed by atoms with Gasteiger partial charge in [-0.2, -0.15) is 0 Å². The van der Waals surface area contributed by atoms with Gasteiger partial charge in [0.25, 0.3) is 0 Å². The average molecular weight is 304 g/mol. The summed E-state index contributed by atoms with van der Waals surface area (Å²) >= 11 is 6.16. The van der Waals surface area contributed by atoms with Crippen LogP contribution in [-0.4, -0.2) is 32.8 Å². The fourth-order valence-electron chi connectivity index (χ4n) is 2.81. The molecule has 1 aliphatic heterocycles. The minimum atomic E-state index is 0.0455. The number of imidazole rings is 1. The number of carbonyl (C=O) groups is 1. The lowest BCUT2D eigenvalue weighted by Gasteiger charge is -2.32. The van der Waals surface area contributed by atoms with E-state index >= 15 is 0 Å². The van der Waals surface area contributed by atoms with E-state index in [2.05, 4.69) is 11.9 Å². The van der Waals surface area contributed by atoms with Crippen LogP contribution in [0.25, 0.3) is 11.7 Å². The van der Waals surface area contributed by atoms with E-state index in [1.165, 1.54) is 6.42 Å². The molecule has 3 heterocycles. The molecule has 0 N–H and O–H groups in total. The molecule has 5 heteroatoms. The summed E-state index contributed by atoms with van der Waals surface area (Å²) in [6.45, 7) is 2.94. The number of halogens is 1. The Kier molecular flexibility index (Phi) is 3.97. The quantitative estimate of drug-likeness (QED) is 0.797. The summed E-state index contributed by atoms with van der Waals surface area (Å²) in [5.41, 5.74) is 1.52. The van der Waals surface area contributed by atoms with Crippen molar-refractivity contribution in [3.63, 3.8) is 0 Å². The molecule has 4 nitrogen and oxygen atoms in total. The van der Waals surface area contributed by atoms with E-state index in [1.807, 2.05) is 33.7 Å². The van der Waals surface area contributed by atoms with Gasteiger partial charge in [0.1, 0.15) is 5.65 Å². The molecule has 0 aliphatic carbocycles. The fraction of sp³-hybridized carbons (Fsp3) is 0.375. The van der Waals surface area contributed by atoms with Crippen LogP contribution in [0, 0.1) is 0 Å². The molecule has 1 aliphatic rings. The topological polar surface area (TPSA) is 37.6 Å². The second kappa shape index (κ2) is 5.90. The lowest BCUT2D eigenvalue weighted by Crippen LogP contribution is -2.41. The Morgan fingerprint density at radius 3 is 3.10 bits per heavy atom. The Morgan fingerprint density at radius 1 is 1.43 bits per heavy atom. The first kappa shape index (κ1) is 14.1. The van der Waals surface area contributed by atoms with Gasteiger partial charge >= 0.3 is 0 Å². The third-order valence-corrected chi connectivity index (χ3v) is 4.27. The summed E-state index contributed by atoms with van der Waals surface area (Å²) in [7, 11) is 0. The molecular formula is C16H18ClN3O. The van der Waals surface area contributed by atoms with Gasteiger partial charge in [-0.1, -0.05) is 17.7 Å². The minimum Gasteiger partial charge on any atom is -0.336 e. The maximum atomic E-state index is 12.3. The summed E-state index contributed by atoms with van der Waals surface area (Å²) in [4.78, 5) is 18.5. The van der Waals surface area contributed by atoms with E-state index in [0.717, 1.165) is 30.7 Å². The molecule has 2 aromatic rings. The summed E-state index contributed by atoms with van der Waals surface area (Å²) in [6, 6.07) is 6.02. The van der Waals surface area contributed by atoms with E-state index in [-0.39, 0.29) is 5.91 Å². The maximum Gasteiger partial charge on any atom is 0.246 e. The smallest absolute Gasteiger partial charge is 0.246 e. The van der Waals surface area contributed by atoms with Crippen LogP contribution < -0.4 is 0 Å². The van der Waals surface area contributed by atoms with Crippen molar-refractivity contribution in [1.82, 2.24) is 14.3 Å². The first-order chi connectivity index (χ1) is 10.2. The number of rotatable bonds is 2. The lowest BCUT2D eigenvalue weighted by atomic mass is 10.0. The number of carbonyl (C=O) groups excluding carboxylic acids is 1. The van der Waals surface area contributed by atoms with Gasteiger partial charge in [0.2, 0.25) is 5.91 Å². The van der Waals surface area contributed by atoms with Crippen molar-refractivity contribution in [1.29, 1.82) is 0 Å². The molecule has 1 atom stereocenters. The predicted molar refractivity (Wildman–Crippen MR) is 84.3 cm³/mol. The van der Waals surface area contributed by atoms with Gasteiger partial charge in [-0.25, -0.2) is 4.98 Å². The monoisotopic (exact) mass is 303 g/mol. The van der Waals surface area contributed by atoms with E-state index in [1.54, 1.807) is 12.2 Å². The Bertz CT molecular complexity index is 692.